The molecule has 2 N–H and O–H groups in total. The second kappa shape index (κ2) is 13.7. The first kappa shape index (κ1) is 29.6. The van der Waals surface area contributed by atoms with E-state index in [0.717, 1.165) is 32.9 Å². The van der Waals surface area contributed by atoms with Crippen LogP contribution >= 0.6 is 15.9 Å². The van der Waals surface area contributed by atoms with Crippen LogP contribution in [-0.2, 0) is 4.74 Å². The van der Waals surface area contributed by atoms with Crippen molar-refractivity contribution in [3.05, 3.63) is 119 Å². The predicted molar refractivity (Wildman–Crippen MR) is 165 cm³/mol. The molecule has 0 bridgehead atoms. The summed E-state index contributed by atoms with van der Waals surface area (Å²) in [5.74, 6) is 0.443. The van der Waals surface area contributed by atoms with Gasteiger partial charge in [-0.25, -0.2) is 4.98 Å². The minimum absolute atomic E-state index is 0.146. The Balaban J connectivity index is 2.12. The van der Waals surface area contributed by atoms with Gasteiger partial charge in [-0.2, -0.15) is 0 Å². The molecule has 1 aliphatic heterocycles. The number of benzene rings is 1. The lowest BCUT2D eigenvalue weighted by atomic mass is 9.76. The minimum Gasteiger partial charge on any atom is -0.481 e. The average molecular weight is 576 g/mol. The molecule has 3 rings (SSSR count). The summed E-state index contributed by atoms with van der Waals surface area (Å²) in [7, 11) is 1.66. The van der Waals surface area contributed by atoms with Crippen LogP contribution in [0.15, 0.2) is 114 Å². The molecule has 200 valence electrons. The lowest BCUT2D eigenvalue weighted by molar-refractivity contribution is 0.254. The van der Waals surface area contributed by atoms with Gasteiger partial charge in [0.05, 0.1) is 12.6 Å². The fraction of sp³-hybridized carbons (Fsp3) is 0.303. The van der Waals surface area contributed by atoms with Gasteiger partial charge in [0.25, 0.3) is 0 Å². The number of hydrogen-bond acceptors (Lipinski definition) is 4. The SMILES string of the molecule is C=C/C(=C/C=C\[C@@]1(C)OC1(CCN)C(/C=C/C=C\C=C/C)c1cc2cc(Br)ccc2nc1OC)C/C=C\C. The maximum atomic E-state index is 6.64. The van der Waals surface area contributed by atoms with Crippen molar-refractivity contribution in [1.29, 1.82) is 0 Å². The van der Waals surface area contributed by atoms with Crippen molar-refractivity contribution >= 4 is 26.8 Å². The molecule has 2 aromatic rings. The molecule has 0 aliphatic carbocycles. The molecule has 2 unspecified atom stereocenters. The van der Waals surface area contributed by atoms with Gasteiger partial charge in [0.15, 0.2) is 0 Å². The number of methoxy groups -OCH3 is 1. The minimum atomic E-state index is -0.552. The summed E-state index contributed by atoms with van der Waals surface area (Å²) in [4.78, 5) is 4.85. The normalized spacial score (nSPS) is 23.1. The molecule has 0 saturated carbocycles. The third-order valence-electron chi connectivity index (χ3n) is 6.91. The lowest BCUT2D eigenvalue weighted by Gasteiger charge is -2.25. The number of nitrogens with zero attached hydrogens (tertiary/aromatic N) is 1. The van der Waals surface area contributed by atoms with Gasteiger partial charge in [-0.3, -0.25) is 0 Å². The molecule has 1 fully saturated rings. The van der Waals surface area contributed by atoms with E-state index in [0.29, 0.717) is 18.8 Å². The monoisotopic (exact) mass is 574 g/mol. The Labute approximate surface area is 236 Å². The lowest BCUT2D eigenvalue weighted by Crippen LogP contribution is -2.32. The summed E-state index contributed by atoms with van der Waals surface area (Å²) in [5, 5.41) is 1.03. The van der Waals surface area contributed by atoms with Crippen LogP contribution < -0.4 is 10.5 Å². The zero-order valence-electron chi connectivity index (χ0n) is 22.9. The van der Waals surface area contributed by atoms with E-state index >= 15 is 0 Å². The van der Waals surface area contributed by atoms with Crippen LogP contribution in [0, 0.1) is 0 Å². The summed E-state index contributed by atoms with van der Waals surface area (Å²) in [6, 6.07) is 8.21. The molecule has 1 aliphatic rings. The Kier molecular flexibility index (Phi) is 10.7. The molecule has 3 atom stereocenters. The Morgan fingerprint density at radius 2 is 1.95 bits per heavy atom. The Morgan fingerprint density at radius 3 is 2.63 bits per heavy atom. The van der Waals surface area contributed by atoms with Gasteiger partial charge in [0.2, 0.25) is 5.88 Å². The highest BCUT2D eigenvalue weighted by molar-refractivity contribution is 9.10. The van der Waals surface area contributed by atoms with Gasteiger partial charge in [0.1, 0.15) is 11.2 Å². The van der Waals surface area contributed by atoms with E-state index in [1.165, 1.54) is 0 Å². The number of fused-ring (bicyclic) bond motifs is 1. The maximum absolute atomic E-state index is 6.64. The highest BCUT2D eigenvalue weighted by Gasteiger charge is 2.68. The highest BCUT2D eigenvalue weighted by Crippen LogP contribution is 2.60. The summed E-state index contributed by atoms with van der Waals surface area (Å²) < 4.78 is 13.5. The number of rotatable bonds is 13. The zero-order valence-corrected chi connectivity index (χ0v) is 24.4. The number of ether oxygens (including phenoxy) is 2. The van der Waals surface area contributed by atoms with Crippen molar-refractivity contribution in [2.75, 3.05) is 13.7 Å². The van der Waals surface area contributed by atoms with Crippen LogP contribution in [0.3, 0.4) is 0 Å². The van der Waals surface area contributed by atoms with Crippen LogP contribution in [0.1, 0.15) is 45.1 Å². The number of halogens is 1. The van der Waals surface area contributed by atoms with Crippen molar-refractivity contribution in [2.45, 2.75) is 50.7 Å². The molecule has 1 aromatic heterocycles. The second-order valence-electron chi connectivity index (χ2n) is 9.41. The van der Waals surface area contributed by atoms with E-state index in [9.17, 15) is 0 Å². The molecule has 5 heteroatoms. The summed E-state index contributed by atoms with van der Waals surface area (Å²) in [5.41, 5.74) is 8.10. The van der Waals surface area contributed by atoms with E-state index in [1.54, 1.807) is 7.11 Å². The van der Waals surface area contributed by atoms with Gasteiger partial charge >= 0.3 is 0 Å². The summed E-state index contributed by atoms with van der Waals surface area (Å²) in [6.45, 7) is 10.6. The first-order chi connectivity index (χ1) is 18.4. The Bertz CT molecular complexity index is 1300. The third-order valence-corrected chi connectivity index (χ3v) is 7.41. The zero-order chi connectivity index (χ0) is 27.6. The fourth-order valence-electron chi connectivity index (χ4n) is 4.86. The van der Waals surface area contributed by atoms with E-state index in [4.69, 9.17) is 20.2 Å². The molecule has 4 nitrogen and oxygen atoms in total. The summed E-state index contributed by atoms with van der Waals surface area (Å²) >= 11 is 3.60. The van der Waals surface area contributed by atoms with Crippen molar-refractivity contribution in [3.8, 4) is 5.88 Å². The van der Waals surface area contributed by atoms with Gasteiger partial charge < -0.3 is 15.2 Å². The standard InChI is InChI=1S/C33H39BrN2O2/c1-6-9-11-12-13-17-29(28-24-26-23-27(34)18-19-30(26)36-31(28)37-5)33(21-22-35)32(4,38-33)20-14-16-25(8-3)15-10-7-2/h6-14,16-20,23-24,29H,3,15,21-22,35H2,1-2,4-5H3/b9-6-,10-7-,12-11-,17-13+,20-14-,25-16-/t29?,32-,33?/m1/s1. The predicted octanol–water partition coefficient (Wildman–Crippen LogP) is 8.29. The third kappa shape index (κ3) is 6.71. The fourth-order valence-corrected chi connectivity index (χ4v) is 5.23. The first-order valence-electron chi connectivity index (χ1n) is 13.0. The van der Waals surface area contributed by atoms with Crippen LogP contribution in [0.25, 0.3) is 10.9 Å². The van der Waals surface area contributed by atoms with Crippen LogP contribution in [-0.4, -0.2) is 29.8 Å². The van der Waals surface area contributed by atoms with Crippen molar-refractivity contribution in [2.24, 2.45) is 5.73 Å². The Morgan fingerprint density at radius 1 is 1.16 bits per heavy atom. The number of hydrogen-bond donors (Lipinski definition) is 1. The quantitative estimate of drug-likeness (QED) is 0.148. The topological polar surface area (TPSA) is 60.7 Å². The van der Waals surface area contributed by atoms with E-state index < -0.39 is 11.2 Å². The number of allylic oxidation sites excluding steroid dienone is 11. The second-order valence-corrected chi connectivity index (χ2v) is 10.3. The molecular weight excluding hydrogens is 536 g/mol. The van der Waals surface area contributed by atoms with Gasteiger partial charge in [0, 0.05) is 21.3 Å². The van der Waals surface area contributed by atoms with Crippen LogP contribution in [0.4, 0.5) is 0 Å². The van der Waals surface area contributed by atoms with E-state index in [1.807, 2.05) is 62.4 Å². The number of nitrogens with two attached hydrogens (primary N) is 1. The maximum Gasteiger partial charge on any atom is 0.217 e. The molecule has 0 radical (unpaired) electrons. The van der Waals surface area contributed by atoms with E-state index in [-0.39, 0.29) is 5.92 Å². The molecular formula is C33H39BrN2O2. The molecule has 0 amide bonds. The largest absolute Gasteiger partial charge is 0.481 e. The van der Waals surface area contributed by atoms with Crippen molar-refractivity contribution in [3.63, 3.8) is 0 Å². The molecule has 38 heavy (non-hydrogen) atoms. The average Bonchev–Trinajstić information content (AvgIpc) is 3.50. The van der Waals surface area contributed by atoms with Crippen LogP contribution in [0.5, 0.6) is 5.88 Å². The van der Waals surface area contributed by atoms with Crippen molar-refractivity contribution in [1.82, 2.24) is 4.98 Å². The first-order valence-corrected chi connectivity index (χ1v) is 13.8. The Hall–Kier alpha value is -2.99. The van der Waals surface area contributed by atoms with E-state index in [2.05, 4.69) is 78.0 Å². The molecule has 1 saturated heterocycles. The van der Waals surface area contributed by atoms with Crippen LogP contribution in [0.2, 0.25) is 0 Å². The highest BCUT2D eigenvalue weighted by atomic mass is 79.9. The molecule has 1 aromatic carbocycles. The van der Waals surface area contributed by atoms with Gasteiger partial charge in [-0.1, -0.05) is 95.4 Å². The molecule has 0 spiro atoms. The number of aromatic nitrogens is 1. The van der Waals surface area contributed by atoms with Crippen molar-refractivity contribution < 1.29 is 9.47 Å². The molecule has 2 heterocycles. The van der Waals surface area contributed by atoms with Gasteiger partial charge in [-0.15, -0.1) is 0 Å². The number of epoxide rings is 1. The summed E-state index contributed by atoms with van der Waals surface area (Å²) in [6.07, 6.45) is 26.1. The number of pyridine rings is 1. The van der Waals surface area contributed by atoms with Gasteiger partial charge in [-0.05, 0) is 70.0 Å². The smallest absolute Gasteiger partial charge is 0.217 e.